The Morgan fingerprint density at radius 1 is 1.15 bits per heavy atom. The summed E-state index contributed by atoms with van der Waals surface area (Å²) in [6.45, 7) is 0.242. The van der Waals surface area contributed by atoms with Crippen molar-refractivity contribution in [3.05, 3.63) is 70.6 Å². The molecule has 0 aliphatic carbocycles. The SMILES string of the molecule is O=C(Cn1ccc2cc(F)ccc21)c1cccc(Br)c1. The van der Waals surface area contributed by atoms with Crippen molar-refractivity contribution in [3.63, 3.8) is 0 Å². The van der Waals surface area contributed by atoms with Crippen LogP contribution >= 0.6 is 15.9 Å². The average molecular weight is 332 g/mol. The van der Waals surface area contributed by atoms with Gasteiger partial charge in [0.2, 0.25) is 0 Å². The number of ketones is 1. The first-order valence-corrected chi connectivity index (χ1v) is 6.96. The Hall–Kier alpha value is -1.94. The summed E-state index contributed by atoms with van der Waals surface area (Å²) in [5.74, 6) is -0.248. The van der Waals surface area contributed by atoms with Gasteiger partial charge in [-0.25, -0.2) is 4.39 Å². The predicted molar refractivity (Wildman–Crippen MR) is 80.4 cm³/mol. The maximum Gasteiger partial charge on any atom is 0.182 e. The number of hydrogen-bond donors (Lipinski definition) is 0. The molecule has 0 spiro atoms. The molecule has 0 radical (unpaired) electrons. The first kappa shape index (κ1) is 13.1. The van der Waals surface area contributed by atoms with Crippen molar-refractivity contribution in [2.24, 2.45) is 0 Å². The highest BCUT2D eigenvalue weighted by Crippen LogP contribution is 2.18. The van der Waals surface area contributed by atoms with Gasteiger partial charge in [-0.15, -0.1) is 0 Å². The van der Waals surface area contributed by atoms with E-state index in [9.17, 15) is 9.18 Å². The van der Waals surface area contributed by atoms with Crippen LogP contribution in [0.1, 0.15) is 10.4 Å². The van der Waals surface area contributed by atoms with E-state index in [0.29, 0.717) is 5.56 Å². The highest BCUT2D eigenvalue weighted by Gasteiger charge is 2.09. The molecule has 0 amide bonds. The highest BCUT2D eigenvalue weighted by atomic mass is 79.9. The molecule has 1 heterocycles. The van der Waals surface area contributed by atoms with Crippen molar-refractivity contribution in [3.8, 4) is 0 Å². The topological polar surface area (TPSA) is 22.0 Å². The summed E-state index contributed by atoms with van der Waals surface area (Å²) in [5, 5.41) is 0.798. The van der Waals surface area contributed by atoms with Gasteiger partial charge in [0, 0.05) is 27.1 Å². The molecule has 0 aliphatic heterocycles. The smallest absolute Gasteiger partial charge is 0.182 e. The normalized spacial score (nSPS) is 10.9. The molecule has 100 valence electrons. The second-order valence-corrected chi connectivity index (χ2v) is 5.50. The average Bonchev–Trinajstić information content (AvgIpc) is 2.81. The van der Waals surface area contributed by atoms with E-state index in [1.165, 1.54) is 12.1 Å². The van der Waals surface area contributed by atoms with Gasteiger partial charge in [-0.1, -0.05) is 28.1 Å². The lowest BCUT2D eigenvalue weighted by Crippen LogP contribution is -2.09. The van der Waals surface area contributed by atoms with Gasteiger partial charge >= 0.3 is 0 Å². The van der Waals surface area contributed by atoms with Crippen LogP contribution in [0.5, 0.6) is 0 Å². The van der Waals surface area contributed by atoms with E-state index in [0.717, 1.165) is 15.4 Å². The number of nitrogens with zero attached hydrogens (tertiary/aromatic N) is 1. The first-order chi connectivity index (χ1) is 9.63. The van der Waals surface area contributed by atoms with Gasteiger partial charge in [0.15, 0.2) is 5.78 Å². The van der Waals surface area contributed by atoms with Crippen LogP contribution in [0.15, 0.2) is 59.2 Å². The van der Waals surface area contributed by atoms with Gasteiger partial charge in [-0.3, -0.25) is 4.79 Å². The molecule has 0 fully saturated rings. The lowest BCUT2D eigenvalue weighted by atomic mass is 10.1. The third-order valence-corrected chi connectivity index (χ3v) is 3.69. The molecule has 0 atom stereocenters. The van der Waals surface area contributed by atoms with Gasteiger partial charge in [0.05, 0.1) is 6.54 Å². The van der Waals surface area contributed by atoms with Gasteiger partial charge in [0.1, 0.15) is 5.82 Å². The third-order valence-electron chi connectivity index (χ3n) is 3.19. The van der Waals surface area contributed by atoms with Gasteiger partial charge in [-0.05, 0) is 36.4 Å². The highest BCUT2D eigenvalue weighted by molar-refractivity contribution is 9.10. The Bertz CT molecular complexity index is 794. The molecular weight excluding hydrogens is 321 g/mol. The summed E-state index contributed by atoms with van der Waals surface area (Å²) < 4.78 is 15.8. The van der Waals surface area contributed by atoms with Crippen molar-refractivity contribution < 1.29 is 9.18 Å². The minimum absolute atomic E-state index is 0.0214. The Morgan fingerprint density at radius 2 is 2.00 bits per heavy atom. The third kappa shape index (κ3) is 2.51. The largest absolute Gasteiger partial charge is 0.340 e. The monoisotopic (exact) mass is 331 g/mol. The van der Waals surface area contributed by atoms with Crippen molar-refractivity contribution >= 4 is 32.6 Å². The Morgan fingerprint density at radius 3 is 2.80 bits per heavy atom. The van der Waals surface area contributed by atoms with E-state index in [4.69, 9.17) is 0 Å². The number of rotatable bonds is 3. The molecule has 2 aromatic carbocycles. The molecule has 20 heavy (non-hydrogen) atoms. The fraction of sp³-hybridized carbons (Fsp3) is 0.0625. The van der Waals surface area contributed by atoms with Gasteiger partial charge in [0.25, 0.3) is 0 Å². The van der Waals surface area contributed by atoms with Crippen molar-refractivity contribution in [1.82, 2.24) is 4.57 Å². The predicted octanol–water partition coefficient (Wildman–Crippen LogP) is 4.43. The number of carbonyl (C=O) groups is 1. The van der Waals surface area contributed by atoms with E-state index >= 15 is 0 Å². The zero-order chi connectivity index (χ0) is 14.1. The molecular formula is C16H11BrFNO. The minimum Gasteiger partial charge on any atom is -0.340 e. The van der Waals surface area contributed by atoms with Crippen LogP contribution in [-0.4, -0.2) is 10.4 Å². The maximum absolute atomic E-state index is 13.1. The standard InChI is InChI=1S/C16H11BrFNO/c17-13-3-1-2-12(8-13)16(20)10-19-7-6-11-9-14(18)4-5-15(11)19/h1-9H,10H2. The van der Waals surface area contributed by atoms with E-state index in [1.807, 2.05) is 22.8 Å². The fourth-order valence-corrected chi connectivity index (χ4v) is 2.62. The number of halogens is 2. The number of Topliss-reactive ketones (excluding diaryl/α,β-unsaturated/α-hetero) is 1. The Kier molecular flexibility index (Phi) is 3.40. The number of aromatic nitrogens is 1. The summed E-state index contributed by atoms with van der Waals surface area (Å²) in [6.07, 6.45) is 1.81. The van der Waals surface area contributed by atoms with Crippen LogP contribution in [0.3, 0.4) is 0 Å². The molecule has 1 aromatic heterocycles. The summed E-state index contributed by atoms with van der Waals surface area (Å²) in [5.41, 5.74) is 1.51. The van der Waals surface area contributed by atoms with Crippen LogP contribution in [0.25, 0.3) is 10.9 Å². The number of carbonyl (C=O) groups excluding carboxylic acids is 1. The summed E-state index contributed by atoms with van der Waals surface area (Å²) in [7, 11) is 0. The van der Waals surface area contributed by atoms with Crippen LogP contribution < -0.4 is 0 Å². The minimum atomic E-state index is -0.270. The van der Waals surface area contributed by atoms with E-state index < -0.39 is 0 Å². The molecule has 4 heteroatoms. The van der Waals surface area contributed by atoms with Crippen LogP contribution in [-0.2, 0) is 6.54 Å². The molecule has 3 aromatic rings. The molecule has 0 bridgehead atoms. The molecule has 0 saturated carbocycles. The van der Waals surface area contributed by atoms with Crippen molar-refractivity contribution in [1.29, 1.82) is 0 Å². The Balaban J connectivity index is 1.91. The molecule has 0 aliphatic rings. The number of hydrogen-bond acceptors (Lipinski definition) is 1. The van der Waals surface area contributed by atoms with Crippen molar-refractivity contribution in [2.75, 3.05) is 0 Å². The van der Waals surface area contributed by atoms with Crippen LogP contribution in [0.4, 0.5) is 4.39 Å². The van der Waals surface area contributed by atoms with Crippen LogP contribution in [0, 0.1) is 5.82 Å². The molecule has 2 nitrogen and oxygen atoms in total. The van der Waals surface area contributed by atoms with Crippen LogP contribution in [0.2, 0.25) is 0 Å². The molecule has 3 rings (SSSR count). The maximum atomic E-state index is 13.1. The summed E-state index contributed by atoms with van der Waals surface area (Å²) in [4.78, 5) is 12.3. The zero-order valence-corrected chi connectivity index (χ0v) is 12.1. The lowest BCUT2D eigenvalue weighted by Gasteiger charge is -2.05. The second kappa shape index (κ2) is 5.21. The summed E-state index contributed by atoms with van der Waals surface area (Å²) in [6, 6.07) is 13.7. The number of benzene rings is 2. The quantitative estimate of drug-likeness (QED) is 0.651. The van der Waals surface area contributed by atoms with E-state index in [1.54, 1.807) is 24.4 Å². The summed E-state index contributed by atoms with van der Waals surface area (Å²) >= 11 is 3.36. The molecule has 0 unspecified atom stereocenters. The lowest BCUT2D eigenvalue weighted by molar-refractivity contribution is 0.0973. The van der Waals surface area contributed by atoms with E-state index in [2.05, 4.69) is 15.9 Å². The molecule has 0 N–H and O–H groups in total. The molecule has 0 saturated heterocycles. The second-order valence-electron chi connectivity index (χ2n) is 4.58. The van der Waals surface area contributed by atoms with Crippen molar-refractivity contribution in [2.45, 2.75) is 6.54 Å². The fourth-order valence-electron chi connectivity index (χ4n) is 2.22. The van der Waals surface area contributed by atoms with E-state index in [-0.39, 0.29) is 18.1 Å². The Labute approximate surface area is 124 Å². The number of fused-ring (bicyclic) bond motifs is 1. The van der Waals surface area contributed by atoms with Gasteiger partial charge < -0.3 is 4.57 Å². The van der Waals surface area contributed by atoms with Gasteiger partial charge in [-0.2, -0.15) is 0 Å². The first-order valence-electron chi connectivity index (χ1n) is 6.17. The zero-order valence-electron chi connectivity index (χ0n) is 10.5.